The Morgan fingerprint density at radius 1 is 1.15 bits per heavy atom. The van der Waals surface area contributed by atoms with Gasteiger partial charge in [-0.2, -0.15) is 0 Å². The fourth-order valence-corrected chi connectivity index (χ4v) is 2.44. The number of fused-ring (bicyclic) bond motifs is 1. The Bertz CT molecular complexity index is 640. The van der Waals surface area contributed by atoms with E-state index in [0.717, 1.165) is 22.7 Å². The highest BCUT2D eigenvalue weighted by molar-refractivity contribution is 6.02. The van der Waals surface area contributed by atoms with Gasteiger partial charge < -0.3 is 15.0 Å². The molecule has 0 fully saturated rings. The minimum Gasteiger partial charge on any atom is -0.496 e. The molecule has 1 heterocycles. The van der Waals surface area contributed by atoms with Gasteiger partial charge in [-0.05, 0) is 18.2 Å². The second-order valence-electron chi connectivity index (χ2n) is 4.66. The number of nitrogens with zero attached hydrogens (tertiary/aromatic N) is 1. The zero-order valence-electron chi connectivity index (χ0n) is 11.3. The molecule has 0 saturated heterocycles. The summed E-state index contributed by atoms with van der Waals surface area (Å²) in [5, 5.41) is 3.13. The summed E-state index contributed by atoms with van der Waals surface area (Å²) in [6.07, 6.45) is 0. The van der Waals surface area contributed by atoms with Crippen molar-refractivity contribution in [2.75, 3.05) is 23.9 Å². The van der Waals surface area contributed by atoms with Gasteiger partial charge in [0.25, 0.3) is 0 Å². The molecule has 3 rings (SSSR count). The van der Waals surface area contributed by atoms with Gasteiger partial charge >= 0.3 is 0 Å². The number of ether oxygens (including phenoxy) is 1. The number of anilines is 2. The number of rotatable bonds is 3. The third-order valence-electron chi connectivity index (χ3n) is 3.45. The molecule has 2 aromatic carbocycles. The first-order valence-electron chi connectivity index (χ1n) is 6.55. The van der Waals surface area contributed by atoms with Crippen LogP contribution in [0.2, 0.25) is 0 Å². The van der Waals surface area contributed by atoms with E-state index in [-0.39, 0.29) is 5.91 Å². The van der Waals surface area contributed by atoms with Crippen molar-refractivity contribution < 1.29 is 9.53 Å². The van der Waals surface area contributed by atoms with Gasteiger partial charge in [0.2, 0.25) is 5.91 Å². The summed E-state index contributed by atoms with van der Waals surface area (Å²) in [6.45, 7) is 0.841. The van der Waals surface area contributed by atoms with Crippen LogP contribution in [0.4, 0.5) is 11.4 Å². The summed E-state index contributed by atoms with van der Waals surface area (Å²) in [4.78, 5) is 14.0. The predicted octanol–water partition coefficient (Wildman–Crippen LogP) is 2.65. The average molecular weight is 268 g/mol. The summed E-state index contributed by atoms with van der Waals surface area (Å²) in [7, 11) is 1.65. The quantitative estimate of drug-likeness (QED) is 0.930. The van der Waals surface area contributed by atoms with Crippen LogP contribution in [0.25, 0.3) is 0 Å². The van der Waals surface area contributed by atoms with Crippen molar-refractivity contribution in [1.82, 2.24) is 0 Å². The number of benzene rings is 2. The summed E-state index contributed by atoms with van der Waals surface area (Å²) >= 11 is 0. The Balaban J connectivity index is 1.96. The zero-order valence-corrected chi connectivity index (χ0v) is 11.3. The lowest BCUT2D eigenvalue weighted by Gasteiger charge is -2.30. The maximum atomic E-state index is 12.2. The molecule has 0 radical (unpaired) electrons. The van der Waals surface area contributed by atoms with E-state index in [4.69, 9.17) is 4.74 Å². The number of methoxy groups -OCH3 is 1. The second kappa shape index (κ2) is 5.25. The van der Waals surface area contributed by atoms with Crippen molar-refractivity contribution in [3.63, 3.8) is 0 Å². The number of carbonyl (C=O) groups is 1. The third-order valence-corrected chi connectivity index (χ3v) is 3.45. The molecular formula is C16H16N2O2. The monoisotopic (exact) mass is 268 g/mol. The lowest BCUT2D eigenvalue weighted by Crippen LogP contribution is -2.39. The Morgan fingerprint density at radius 2 is 1.90 bits per heavy atom. The Labute approximate surface area is 118 Å². The second-order valence-corrected chi connectivity index (χ2v) is 4.66. The summed E-state index contributed by atoms with van der Waals surface area (Å²) in [6, 6.07) is 15.6. The van der Waals surface area contributed by atoms with E-state index in [1.54, 1.807) is 12.0 Å². The summed E-state index contributed by atoms with van der Waals surface area (Å²) in [5.74, 6) is 0.867. The van der Waals surface area contributed by atoms with Gasteiger partial charge in [0.05, 0.1) is 31.6 Å². The van der Waals surface area contributed by atoms with Crippen LogP contribution in [-0.2, 0) is 11.3 Å². The minimum absolute atomic E-state index is 0.0645. The van der Waals surface area contributed by atoms with Gasteiger partial charge in [0.1, 0.15) is 5.75 Å². The molecule has 0 bridgehead atoms. The first-order valence-corrected chi connectivity index (χ1v) is 6.55. The van der Waals surface area contributed by atoms with Crippen LogP contribution in [-0.4, -0.2) is 19.6 Å². The highest BCUT2D eigenvalue weighted by atomic mass is 16.5. The highest BCUT2D eigenvalue weighted by Gasteiger charge is 2.24. The van der Waals surface area contributed by atoms with E-state index in [1.165, 1.54) is 0 Å². The van der Waals surface area contributed by atoms with Gasteiger partial charge in [0.15, 0.2) is 0 Å². The zero-order chi connectivity index (χ0) is 13.9. The molecule has 1 aliphatic rings. The molecule has 0 spiro atoms. The van der Waals surface area contributed by atoms with Crippen molar-refractivity contribution in [3.05, 3.63) is 54.1 Å². The number of carbonyl (C=O) groups excluding carboxylic acids is 1. The van der Waals surface area contributed by atoms with Gasteiger partial charge in [-0.3, -0.25) is 4.79 Å². The van der Waals surface area contributed by atoms with Crippen LogP contribution in [0, 0.1) is 0 Å². The van der Waals surface area contributed by atoms with Crippen molar-refractivity contribution in [2.24, 2.45) is 0 Å². The number of para-hydroxylation sites is 3. The van der Waals surface area contributed by atoms with Crippen LogP contribution in [0.15, 0.2) is 48.5 Å². The number of nitrogens with one attached hydrogen (secondary N) is 1. The molecule has 0 atom stereocenters. The largest absolute Gasteiger partial charge is 0.496 e. The van der Waals surface area contributed by atoms with Gasteiger partial charge in [-0.25, -0.2) is 0 Å². The molecule has 2 aromatic rings. The molecule has 102 valence electrons. The minimum atomic E-state index is 0.0645. The lowest BCUT2D eigenvalue weighted by molar-refractivity contribution is -0.117. The molecular weight excluding hydrogens is 252 g/mol. The molecule has 0 unspecified atom stereocenters. The maximum absolute atomic E-state index is 12.2. The van der Waals surface area contributed by atoms with E-state index in [0.29, 0.717) is 13.1 Å². The standard InChI is InChI=1S/C16H16N2O2/c1-20-15-9-5-2-6-12(15)11-18-14-8-4-3-7-13(14)17-10-16(18)19/h2-9,17H,10-11H2,1H3. The van der Waals surface area contributed by atoms with E-state index >= 15 is 0 Å². The molecule has 0 aliphatic carbocycles. The van der Waals surface area contributed by atoms with E-state index < -0.39 is 0 Å². The van der Waals surface area contributed by atoms with Gasteiger partial charge in [-0.1, -0.05) is 30.3 Å². The van der Waals surface area contributed by atoms with Gasteiger partial charge in [0, 0.05) is 5.56 Å². The number of hydrogen-bond acceptors (Lipinski definition) is 3. The lowest BCUT2D eigenvalue weighted by atomic mass is 10.1. The normalized spacial score (nSPS) is 13.7. The Morgan fingerprint density at radius 3 is 2.75 bits per heavy atom. The Kier molecular flexibility index (Phi) is 3.29. The fraction of sp³-hybridized carbons (Fsp3) is 0.188. The first-order chi connectivity index (χ1) is 9.79. The van der Waals surface area contributed by atoms with Crippen LogP contribution in [0.3, 0.4) is 0 Å². The van der Waals surface area contributed by atoms with Crippen LogP contribution >= 0.6 is 0 Å². The number of amides is 1. The summed E-state index contributed by atoms with van der Waals surface area (Å²) in [5.41, 5.74) is 2.90. The van der Waals surface area contributed by atoms with Crippen molar-refractivity contribution in [3.8, 4) is 5.75 Å². The van der Waals surface area contributed by atoms with Crippen molar-refractivity contribution >= 4 is 17.3 Å². The topological polar surface area (TPSA) is 41.6 Å². The predicted molar refractivity (Wildman–Crippen MR) is 79.1 cm³/mol. The van der Waals surface area contributed by atoms with Crippen LogP contribution in [0.1, 0.15) is 5.56 Å². The van der Waals surface area contributed by atoms with Crippen LogP contribution in [0.5, 0.6) is 5.75 Å². The molecule has 1 N–H and O–H groups in total. The Hall–Kier alpha value is -2.49. The van der Waals surface area contributed by atoms with Crippen molar-refractivity contribution in [1.29, 1.82) is 0 Å². The molecule has 4 nitrogen and oxygen atoms in total. The molecule has 4 heteroatoms. The maximum Gasteiger partial charge on any atom is 0.246 e. The third kappa shape index (κ3) is 2.20. The van der Waals surface area contributed by atoms with Gasteiger partial charge in [-0.15, -0.1) is 0 Å². The SMILES string of the molecule is COc1ccccc1CN1C(=O)CNc2ccccc21. The molecule has 20 heavy (non-hydrogen) atoms. The van der Waals surface area contributed by atoms with Crippen molar-refractivity contribution in [2.45, 2.75) is 6.54 Å². The molecule has 1 aliphatic heterocycles. The van der Waals surface area contributed by atoms with E-state index in [2.05, 4.69) is 5.32 Å². The van der Waals surface area contributed by atoms with Crippen LogP contribution < -0.4 is 15.0 Å². The number of hydrogen-bond donors (Lipinski definition) is 1. The highest BCUT2D eigenvalue weighted by Crippen LogP contribution is 2.31. The average Bonchev–Trinajstić information content (AvgIpc) is 2.50. The first kappa shape index (κ1) is 12.5. The van der Waals surface area contributed by atoms with E-state index in [9.17, 15) is 4.79 Å². The molecule has 1 amide bonds. The molecule has 0 aromatic heterocycles. The molecule has 0 saturated carbocycles. The smallest absolute Gasteiger partial charge is 0.246 e. The van der Waals surface area contributed by atoms with E-state index in [1.807, 2.05) is 48.5 Å². The fourth-order valence-electron chi connectivity index (χ4n) is 2.44. The summed E-state index contributed by atoms with van der Waals surface area (Å²) < 4.78 is 5.36.